The number of sulfonamides is 1. The van der Waals surface area contributed by atoms with Gasteiger partial charge in [0, 0.05) is 10.6 Å². The molecule has 0 bridgehead atoms. The lowest BCUT2D eigenvalue weighted by atomic mass is 9.98. The minimum absolute atomic E-state index is 0.0134. The molecule has 0 aliphatic rings. The molecule has 0 aromatic heterocycles. The molecule has 45 heavy (non-hydrogen) atoms. The van der Waals surface area contributed by atoms with Crippen LogP contribution in [0.25, 0.3) is 11.1 Å². The van der Waals surface area contributed by atoms with Gasteiger partial charge >= 0.3 is 5.97 Å². The third-order valence-electron chi connectivity index (χ3n) is 6.91. The number of anilines is 1. The Morgan fingerprint density at radius 1 is 0.800 bits per heavy atom. The van der Waals surface area contributed by atoms with Gasteiger partial charge in [0.15, 0.2) is 0 Å². The Morgan fingerprint density at radius 2 is 1.44 bits per heavy atom. The molecule has 1 amide bonds. The van der Waals surface area contributed by atoms with Gasteiger partial charge in [-0.3, -0.25) is 14.3 Å². The van der Waals surface area contributed by atoms with Gasteiger partial charge in [-0.25, -0.2) is 8.42 Å². The molecule has 8 nitrogen and oxygen atoms in total. The molecule has 0 aliphatic heterocycles. The minimum Gasteiger partial charge on any atom is -0.469 e. The van der Waals surface area contributed by atoms with Gasteiger partial charge in [0.25, 0.3) is 15.9 Å². The summed E-state index contributed by atoms with van der Waals surface area (Å²) in [7, 11) is -2.73. The first kappa shape index (κ1) is 31.3. The van der Waals surface area contributed by atoms with Gasteiger partial charge in [-0.2, -0.15) is 0 Å². The van der Waals surface area contributed by atoms with Crippen LogP contribution in [0.4, 0.5) is 5.69 Å². The van der Waals surface area contributed by atoms with Crippen LogP contribution in [-0.2, 0) is 19.6 Å². The first-order valence-corrected chi connectivity index (χ1v) is 15.8. The predicted octanol–water partition coefficient (Wildman–Crippen LogP) is 7.63. The number of methoxy groups -OCH3 is 1. The fourth-order valence-electron chi connectivity index (χ4n) is 4.64. The summed E-state index contributed by atoms with van der Waals surface area (Å²) < 4.78 is 39.5. The maximum atomic E-state index is 13.6. The number of nitrogens with one attached hydrogen (secondary N) is 2. The van der Waals surface area contributed by atoms with E-state index < -0.39 is 27.9 Å². The Balaban J connectivity index is 1.41. The van der Waals surface area contributed by atoms with Crippen molar-refractivity contribution in [3.05, 3.63) is 144 Å². The van der Waals surface area contributed by atoms with Crippen LogP contribution in [0.15, 0.2) is 132 Å². The highest BCUT2D eigenvalue weighted by atomic mass is 35.5. The van der Waals surface area contributed by atoms with Crippen molar-refractivity contribution in [2.75, 3.05) is 11.8 Å². The van der Waals surface area contributed by atoms with E-state index in [0.717, 1.165) is 11.1 Å². The van der Waals surface area contributed by atoms with Gasteiger partial charge in [0.05, 0.1) is 35.7 Å². The molecule has 0 radical (unpaired) electrons. The molecule has 5 rings (SSSR count). The van der Waals surface area contributed by atoms with E-state index in [0.29, 0.717) is 17.1 Å². The molecule has 5 aromatic carbocycles. The lowest BCUT2D eigenvalue weighted by Crippen LogP contribution is -2.31. The summed E-state index contributed by atoms with van der Waals surface area (Å²) in [5, 5.41) is 3.08. The Kier molecular flexibility index (Phi) is 9.82. The number of carbonyl (C=O) groups is 2. The number of hydrogen-bond donors (Lipinski definition) is 2. The summed E-state index contributed by atoms with van der Waals surface area (Å²) in [4.78, 5) is 26.0. The number of halogens is 1. The van der Waals surface area contributed by atoms with Gasteiger partial charge in [-0.05, 0) is 59.7 Å². The molecule has 1 atom stereocenters. The molecule has 5 aromatic rings. The van der Waals surface area contributed by atoms with Gasteiger partial charge in [0.1, 0.15) is 11.5 Å². The minimum atomic E-state index is -4.00. The quantitative estimate of drug-likeness (QED) is 0.144. The van der Waals surface area contributed by atoms with E-state index in [1.165, 1.54) is 37.4 Å². The zero-order valence-corrected chi connectivity index (χ0v) is 25.7. The van der Waals surface area contributed by atoms with Gasteiger partial charge in [-0.15, -0.1) is 0 Å². The van der Waals surface area contributed by atoms with Gasteiger partial charge in [0.2, 0.25) is 0 Å². The first-order valence-electron chi connectivity index (χ1n) is 13.9. The lowest BCUT2D eigenvalue weighted by Gasteiger charge is -2.20. The molecule has 0 fully saturated rings. The Morgan fingerprint density at radius 3 is 2.13 bits per heavy atom. The number of para-hydroxylation sites is 2. The van der Waals surface area contributed by atoms with Crippen molar-refractivity contribution < 1.29 is 27.5 Å². The summed E-state index contributed by atoms with van der Waals surface area (Å²) in [6.45, 7) is 0. The Bertz CT molecular complexity index is 1900. The van der Waals surface area contributed by atoms with E-state index in [-0.39, 0.29) is 27.6 Å². The molecule has 0 heterocycles. The summed E-state index contributed by atoms with van der Waals surface area (Å²) in [6.07, 6.45) is -0.166. The zero-order chi connectivity index (χ0) is 31.8. The molecule has 0 spiro atoms. The van der Waals surface area contributed by atoms with Gasteiger partial charge in [-0.1, -0.05) is 90.5 Å². The van der Waals surface area contributed by atoms with Crippen molar-refractivity contribution in [1.82, 2.24) is 5.32 Å². The molecule has 0 saturated carbocycles. The topological polar surface area (TPSA) is 111 Å². The van der Waals surface area contributed by atoms with E-state index in [1.54, 1.807) is 30.3 Å². The number of hydrogen-bond acceptors (Lipinski definition) is 6. The largest absolute Gasteiger partial charge is 0.469 e. The van der Waals surface area contributed by atoms with Crippen LogP contribution in [0.1, 0.15) is 28.4 Å². The van der Waals surface area contributed by atoms with Crippen LogP contribution in [0.3, 0.4) is 0 Å². The van der Waals surface area contributed by atoms with E-state index in [9.17, 15) is 18.0 Å². The summed E-state index contributed by atoms with van der Waals surface area (Å²) >= 11 is 6.21. The third-order valence-corrected chi connectivity index (χ3v) is 8.53. The van der Waals surface area contributed by atoms with Crippen molar-refractivity contribution in [1.29, 1.82) is 0 Å². The van der Waals surface area contributed by atoms with Crippen molar-refractivity contribution in [3.8, 4) is 22.6 Å². The van der Waals surface area contributed by atoms with Crippen molar-refractivity contribution in [3.63, 3.8) is 0 Å². The fourth-order valence-corrected chi connectivity index (χ4v) is 5.91. The molecule has 2 N–H and O–H groups in total. The number of rotatable bonds is 11. The molecular formula is C35H29ClN2O6S. The highest BCUT2D eigenvalue weighted by molar-refractivity contribution is 7.92. The second kappa shape index (κ2) is 14.1. The molecule has 228 valence electrons. The highest BCUT2D eigenvalue weighted by Crippen LogP contribution is 2.34. The van der Waals surface area contributed by atoms with Crippen LogP contribution in [0.2, 0.25) is 5.02 Å². The van der Waals surface area contributed by atoms with Crippen molar-refractivity contribution >= 4 is 39.2 Å². The van der Waals surface area contributed by atoms with Gasteiger partial charge < -0.3 is 14.8 Å². The second-order valence-electron chi connectivity index (χ2n) is 9.95. The lowest BCUT2D eigenvalue weighted by molar-refractivity contribution is -0.141. The standard InChI is InChI=1S/C35H29ClN2O6S/c1-43-34(39)23-32(25-18-16-24(17-19-25)29-14-8-9-15-33(29)44-27-10-4-2-5-11-27)37-35(40)30-22-26(36)20-21-31(30)38-45(41,42)28-12-6-3-7-13-28/h2-22,32,38H,23H2,1H3,(H,37,40). The summed E-state index contributed by atoms with van der Waals surface area (Å²) in [5.74, 6) is 0.195. The SMILES string of the molecule is COC(=O)CC(NC(=O)c1cc(Cl)ccc1NS(=O)(=O)c1ccccc1)c1ccc(-c2ccccc2Oc2ccccc2)cc1. The number of esters is 1. The number of amides is 1. The normalized spacial score (nSPS) is 11.7. The fraction of sp³-hybridized carbons (Fsp3) is 0.0857. The maximum absolute atomic E-state index is 13.6. The van der Waals surface area contributed by atoms with Crippen LogP contribution in [0.5, 0.6) is 11.5 Å². The molecule has 10 heteroatoms. The summed E-state index contributed by atoms with van der Waals surface area (Å²) in [5.41, 5.74) is 2.37. The zero-order valence-electron chi connectivity index (χ0n) is 24.1. The average molecular weight is 641 g/mol. The molecule has 0 aliphatic carbocycles. The molecular weight excluding hydrogens is 612 g/mol. The van der Waals surface area contributed by atoms with E-state index in [4.69, 9.17) is 21.1 Å². The van der Waals surface area contributed by atoms with Crippen LogP contribution in [-0.4, -0.2) is 27.4 Å². The smallest absolute Gasteiger partial charge is 0.307 e. The predicted molar refractivity (Wildman–Crippen MR) is 174 cm³/mol. The van der Waals surface area contributed by atoms with Crippen LogP contribution < -0.4 is 14.8 Å². The maximum Gasteiger partial charge on any atom is 0.307 e. The van der Waals surface area contributed by atoms with Crippen molar-refractivity contribution in [2.24, 2.45) is 0 Å². The molecule has 1 unspecified atom stereocenters. The van der Waals surface area contributed by atoms with E-state index in [2.05, 4.69) is 10.0 Å². The van der Waals surface area contributed by atoms with Crippen molar-refractivity contribution in [2.45, 2.75) is 17.4 Å². The number of ether oxygens (including phenoxy) is 2. The monoisotopic (exact) mass is 640 g/mol. The van der Waals surface area contributed by atoms with E-state index in [1.807, 2.05) is 66.7 Å². The Hall–Kier alpha value is -5.12. The second-order valence-corrected chi connectivity index (χ2v) is 12.1. The number of carbonyl (C=O) groups excluding carboxylic acids is 2. The Labute approximate surface area is 266 Å². The molecule has 0 saturated heterocycles. The van der Waals surface area contributed by atoms with E-state index >= 15 is 0 Å². The number of benzene rings is 5. The summed E-state index contributed by atoms with van der Waals surface area (Å²) in [6, 6.07) is 35.7. The third kappa shape index (κ3) is 7.89. The highest BCUT2D eigenvalue weighted by Gasteiger charge is 2.24. The van der Waals surface area contributed by atoms with Crippen LogP contribution >= 0.6 is 11.6 Å². The first-order chi connectivity index (χ1) is 21.7. The average Bonchev–Trinajstić information content (AvgIpc) is 3.06. The van der Waals surface area contributed by atoms with Crippen LogP contribution in [0, 0.1) is 0 Å².